The average molecular weight is 361 g/mol. The van der Waals surface area contributed by atoms with Gasteiger partial charge >= 0.3 is 30.1 Å². The van der Waals surface area contributed by atoms with Gasteiger partial charge in [0.2, 0.25) is 0 Å². The van der Waals surface area contributed by atoms with Crippen molar-refractivity contribution < 1.29 is 39.9 Å². The largest absolute Gasteiger partial charge is 0.393 e. The van der Waals surface area contributed by atoms with E-state index in [1.807, 2.05) is 0 Å². The Morgan fingerprint density at radius 1 is 1.04 bits per heavy atom. The molecule has 134 valence electrons. The SMILES string of the molecule is O=C(N1CCCc2ccccc21)C(F)(F)C(F)(F)C(F)(F)C(F)F. The van der Waals surface area contributed by atoms with Crippen molar-refractivity contribution in [2.75, 3.05) is 11.4 Å². The van der Waals surface area contributed by atoms with Crippen LogP contribution in [0.5, 0.6) is 0 Å². The lowest BCUT2D eigenvalue weighted by atomic mass is 9.98. The molecule has 0 aliphatic carbocycles. The highest BCUT2D eigenvalue weighted by molar-refractivity contribution is 6.00. The molecule has 0 radical (unpaired) electrons. The topological polar surface area (TPSA) is 20.3 Å². The highest BCUT2D eigenvalue weighted by Crippen LogP contribution is 2.49. The van der Waals surface area contributed by atoms with E-state index in [2.05, 4.69) is 0 Å². The lowest BCUT2D eigenvalue weighted by molar-refractivity contribution is -0.327. The molecule has 0 saturated carbocycles. The standard InChI is InChI=1S/C14H11F8NO/c15-10(16)12(17,18)14(21,22)13(19,20)11(24)23-7-3-5-8-4-1-2-6-9(8)23/h1-2,4,6,10H,3,5,7H2. The molecule has 0 bridgehead atoms. The van der Waals surface area contributed by atoms with Crippen LogP contribution in [0.15, 0.2) is 24.3 Å². The third-order valence-corrected chi connectivity index (χ3v) is 3.71. The molecule has 0 atom stereocenters. The average Bonchev–Trinajstić information content (AvgIpc) is 2.53. The number of carbonyl (C=O) groups is 1. The lowest BCUT2D eigenvalue weighted by Gasteiger charge is -2.36. The Labute approximate surface area is 131 Å². The fourth-order valence-corrected chi connectivity index (χ4v) is 2.39. The summed E-state index contributed by atoms with van der Waals surface area (Å²) in [7, 11) is 0. The van der Waals surface area contributed by atoms with Gasteiger partial charge in [0.25, 0.3) is 0 Å². The number of rotatable bonds is 4. The van der Waals surface area contributed by atoms with Gasteiger partial charge in [0.1, 0.15) is 0 Å². The minimum atomic E-state index is -6.54. The van der Waals surface area contributed by atoms with Crippen molar-refractivity contribution in [3.05, 3.63) is 29.8 Å². The molecule has 0 N–H and O–H groups in total. The Balaban J connectivity index is 2.42. The van der Waals surface area contributed by atoms with Gasteiger partial charge in [-0.15, -0.1) is 0 Å². The van der Waals surface area contributed by atoms with Gasteiger partial charge in [-0.25, -0.2) is 8.78 Å². The Kier molecular flexibility index (Phi) is 4.53. The molecular weight excluding hydrogens is 350 g/mol. The molecule has 0 spiro atoms. The monoisotopic (exact) mass is 361 g/mol. The van der Waals surface area contributed by atoms with Crippen LogP contribution in [0.2, 0.25) is 0 Å². The quantitative estimate of drug-likeness (QED) is 0.739. The molecule has 10 heteroatoms. The zero-order valence-electron chi connectivity index (χ0n) is 11.9. The number of alkyl halides is 8. The number of hydrogen-bond acceptors (Lipinski definition) is 1. The summed E-state index contributed by atoms with van der Waals surface area (Å²) in [5, 5.41) is 0. The molecule has 1 aliphatic heterocycles. The summed E-state index contributed by atoms with van der Waals surface area (Å²) in [5.41, 5.74) is 0.251. The smallest absolute Gasteiger partial charge is 0.307 e. The Morgan fingerprint density at radius 2 is 1.62 bits per heavy atom. The van der Waals surface area contributed by atoms with Crippen LogP contribution in [0.3, 0.4) is 0 Å². The normalized spacial score (nSPS) is 16.3. The van der Waals surface area contributed by atoms with Crippen LogP contribution in [-0.4, -0.2) is 36.6 Å². The van der Waals surface area contributed by atoms with Crippen LogP contribution in [0.25, 0.3) is 0 Å². The summed E-state index contributed by atoms with van der Waals surface area (Å²) in [5.74, 6) is -21.5. The van der Waals surface area contributed by atoms with Crippen LogP contribution in [0.1, 0.15) is 12.0 Å². The predicted molar refractivity (Wildman–Crippen MR) is 68.0 cm³/mol. The van der Waals surface area contributed by atoms with Gasteiger partial charge in [-0.1, -0.05) is 18.2 Å². The minimum Gasteiger partial charge on any atom is -0.307 e. The number of carbonyl (C=O) groups excluding carboxylic acids is 1. The number of para-hydroxylation sites is 1. The maximum absolute atomic E-state index is 13.8. The summed E-state index contributed by atoms with van der Waals surface area (Å²) in [6.45, 7) is -0.415. The number of nitrogens with zero attached hydrogens (tertiary/aromatic N) is 1. The van der Waals surface area contributed by atoms with Crippen LogP contribution < -0.4 is 4.90 Å². The molecule has 1 aromatic rings. The van der Waals surface area contributed by atoms with Crippen LogP contribution in [0.4, 0.5) is 40.8 Å². The number of amides is 1. The predicted octanol–water partition coefficient (Wildman–Crippen LogP) is 4.14. The zero-order valence-corrected chi connectivity index (χ0v) is 11.9. The summed E-state index contributed by atoms with van der Waals surface area (Å²) in [6, 6.07) is 5.50. The zero-order chi connectivity index (χ0) is 18.3. The van der Waals surface area contributed by atoms with E-state index in [4.69, 9.17) is 0 Å². The van der Waals surface area contributed by atoms with E-state index in [1.54, 1.807) is 0 Å². The summed E-state index contributed by atoms with van der Waals surface area (Å²) in [6.07, 6.45) is -4.55. The fourth-order valence-electron chi connectivity index (χ4n) is 2.39. The van der Waals surface area contributed by atoms with Gasteiger partial charge in [-0.05, 0) is 24.5 Å². The van der Waals surface area contributed by atoms with E-state index in [9.17, 15) is 39.9 Å². The molecule has 1 amide bonds. The van der Waals surface area contributed by atoms with Crippen molar-refractivity contribution in [2.24, 2.45) is 0 Å². The third-order valence-electron chi connectivity index (χ3n) is 3.71. The van der Waals surface area contributed by atoms with E-state index in [1.165, 1.54) is 24.3 Å². The maximum atomic E-state index is 13.8. The molecule has 1 aromatic carbocycles. The third kappa shape index (κ3) is 2.61. The molecule has 24 heavy (non-hydrogen) atoms. The van der Waals surface area contributed by atoms with E-state index >= 15 is 0 Å². The number of anilines is 1. The van der Waals surface area contributed by atoms with E-state index in [0.29, 0.717) is 12.0 Å². The summed E-state index contributed by atoms with van der Waals surface area (Å²) in [4.78, 5) is 12.0. The van der Waals surface area contributed by atoms with Gasteiger partial charge in [0, 0.05) is 12.2 Å². The van der Waals surface area contributed by atoms with Gasteiger partial charge in [0.05, 0.1) is 0 Å². The number of fused-ring (bicyclic) bond motifs is 1. The number of halogens is 8. The van der Waals surface area contributed by atoms with E-state index in [-0.39, 0.29) is 17.0 Å². The highest BCUT2D eigenvalue weighted by Gasteiger charge is 2.78. The van der Waals surface area contributed by atoms with Crippen molar-refractivity contribution in [2.45, 2.75) is 37.0 Å². The number of benzene rings is 1. The molecule has 2 rings (SSSR count). The van der Waals surface area contributed by atoms with Gasteiger partial charge in [0.15, 0.2) is 0 Å². The Bertz CT molecular complexity index is 631. The lowest BCUT2D eigenvalue weighted by Crippen LogP contribution is -2.64. The van der Waals surface area contributed by atoms with Crippen molar-refractivity contribution in [3.63, 3.8) is 0 Å². The molecule has 0 saturated heterocycles. The van der Waals surface area contributed by atoms with Crippen molar-refractivity contribution >= 4 is 11.6 Å². The molecule has 0 fully saturated rings. The van der Waals surface area contributed by atoms with Crippen LogP contribution in [-0.2, 0) is 11.2 Å². The molecule has 1 heterocycles. The summed E-state index contributed by atoms with van der Waals surface area (Å²) < 4.78 is 104. The van der Waals surface area contributed by atoms with Crippen LogP contribution >= 0.6 is 0 Å². The van der Waals surface area contributed by atoms with E-state index in [0.717, 1.165) is 0 Å². The van der Waals surface area contributed by atoms with Crippen molar-refractivity contribution in [3.8, 4) is 0 Å². The second kappa shape index (κ2) is 5.89. The first kappa shape index (κ1) is 18.5. The number of aryl methyl sites for hydroxylation is 1. The van der Waals surface area contributed by atoms with Crippen molar-refractivity contribution in [1.29, 1.82) is 0 Å². The van der Waals surface area contributed by atoms with Crippen molar-refractivity contribution in [1.82, 2.24) is 0 Å². The second-order valence-corrected chi connectivity index (χ2v) is 5.26. The van der Waals surface area contributed by atoms with Gasteiger partial charge in [-0.3, -0.25) is 4.79 Å². The number of hydrogen-bond donors (Lipinski definition) is 0. The van der Waals surface area contributed by atoms with Gasteiger partial charge in [-0.2, -0.15) is 26.3 Å². The second-order valence-electron chi connectivity index (χ2n) is 5.26. The molecule has 0 unspecified atom stereocenters. The molecule has 1 aliphatic rings. The molecular formula is C14H11F8NO. The molecule has 0 aromatic heterocycles. The first-order chi connectivity index (χ1) is 10.9. The first-order valence-corrected chi connectivity index (χ1v) is 6.76. The fraction of sp³-hybridized carbons (Fsp3) is 0.500. The van der Waals surface area contributed by atoms with E-state index < -0.39 is 36.6 Å². The Hall–Kier alpha value is -1.87. The minimum absolute atomic E-state index is 0.135. The highest BCUT2D eigenvalue weighted by atomic mass is 19.4. The van der Waals surface area contributed by atoms with Gasteiger partial charge < -0.3 is 4.90 Å². The maximum Gasteiger partial charge on any atom is 0.393 e. The van der Waals surface area contributed by atoms with Crippen LogP contribution in [0, 0.1) is 0 Å². The first-order valence-electron chi connectivity index (χ1n) is 6.76. The Morgan fingerprint density at radius 3 is 2.21 bits per heavy atom. The summed E-state index contributed by atoms with van der Waals surface area (Å²) >= 11 is 0. The molecule has 2 nitrogen and oxygen atoms in total.